The molecule has 0 unspecified atom stereocenters. The van der Waals surface area contributed by atoms with Gasteiger partial charge in [0.15, 0.2) is 0 Å². The normalized spacial score (nSPS) is 18.6. The molecular weight excluding hydrogens is 321 g/mol. The number of nitrogens with two attached hydrogens (primary N) is 1. The SMILES string of the molecule is Cl.NCC1(C(=O)Nc2cc3c(cc2F)CCC(=O)N3)CCCC1. The first kappa shape index (κ1) is 17.7. The molecule has 1 aliphatic carbocycles. The molecule has 3 rings (SSSR count). The zero-order chi connectivity index (χ0) is 15.7. The predicted octanol–water partition coefficient (Wildman–Crippen LogP) is 2.59. The van der Waals surface area contributed by atoms with Crippen LogP contribution in [0.2, 0.25) is 0 Å². The van der Waals surface area contributed by atoms with Gasteiger partial charge in [0.2, 0.25) is 11.8 Å². The lowest BCUT2D eigenvalue weighted by Crippen LogP contribution is -2.40. The standard InChI is InChI=1S/C16H20FN3O2.ClH/c17-11-7-10-3-4-14(21)19-12(10)8-13(11)20-15(22)16(9-18)5-1-2-6-16;/h7-8H,1-6,9,18H2,(H,19,21)(H,20,22);1H. The van der Waals surface area contributed by atoms with Gasteiger partial charge in [-0.15, -0.1) is 12.4 Å². The van der Waals surface area contributed by atoms with E-state index in [0.717, 1.165) is 31.2 Å². The fraction of sp³-hybridized carbons (Fsp3) is 0.500. The zero-order valence-corrected chi connectivity index (χ0v) is 13.6. The summed E-state index contributed by atoms with van der Waals surface area (Å²) in [7, 11) is 0. The molecule has 7 heteroatoms. The number of fused-ring (bicyclic) bond motifs is 1. The van der Waals surface area contributed by atoms with E-state index in [9.17, 15) is 14.0 Å². The summed E-state index contributed by atoms with van der Waals surface area (Å²) in [6.45, 7) is 0.266. The number of anilines is 2. The van der Waals surface area contributed by atoms with Crippen LogP contribution in [0.25, 0.3) is 0 Å². The summed E-state index contributed by atoms with van der Waals surface area (Å²) in [5.41, 5.74) is 6.61. The molecule has 0 atom stereocenters. The van der Waals surface area contributed by atoms with Gasteiger partial charge in [0.05, 0.1) is 11.1 Å². The Kier molecular flexibility index (Phi) is 5.26. The average molecular weight is 342 g/mol. The van der Waals surface area contributed by atoms with E-state index in [2.05, 4.69) is 10.6 Å². The average Bonchev–Trinajstić information content (AvgIpc) is 2.98. The van der Waals surface area contributed by atoms with Gasteiger partial charge >= 0.3 is 0 Å². The van der Waals surface area contributed by atoms with E-state index >= 15 is 0 Å². The van der Waals surface area contributed by atoms with Crippen molar-refractivity contribution >= 4 is 35.6 Å². The second kappa shape index (κ2) is 6.84. The van der Waals surface area contributed by atoms with Crippen LogP contribution in [-0.4, -0.2) is 18.4 Å². The first-order chi connectivity index (χ1) is 10.5. The lowest BCUT2D eigenvalue weighted by atomic mass is 9.85. The number of amides is 2. The number of benzene rings is 1. The number of hydrogen-bond acceptors (Lipinski definition) is 3. The first-order valence-electron chi connectivity index (χ1n) is 7.68. The van der Waals surface area contributed by atoms with Crippen LogP contribution in [0, 0.1) is 11.2 Å². The van der Waals surface area contributed by atoms with Gasteiger partial charge in [0, 0.05) is 18.7 Å². The molecule has 1 heterocycles. The van der Waals surface area contributed by atoms with Crippen LogP contribution in [0.1, 0.15) is 37.7 Å². The van der Waals surface area contributed by atoms with E-state index in [4.69, 9.17) is 5.73 Å². The topological polar surface area (TPSA) is 84.2 Å². The Morgan fingerprint density at radius 2 is 2.00 bits per heavy atom. The summed E-state index contributed by atoms with van der Waals surface area (Å²) < 4.78 is 14.2. The molecule has 1 aromatic carbocycles. The van der Waals surface area contributed by atoms with Crippen molar-refractivity contribution in [2.24, 2.45) is 11.1 Å². The minimum atomic E-state index is -0.592. The highest BCUT2D eigenvalue weighted by Gasteiger charge is 2.40. The maximum absolute atomic E-state index is 14.2. The number of carbonyl (C=O) groups is 2. The van der Waals surface area contributed by atoms with Gasteiger partial charge in [-0.1, -0.05) is 12.8 Å². The molecule has 0 saturated heterocycles. The molecule has 2 amide bonds. The van der Waals surface area contributed by atoms with Crippen molar-refractivity contribution in [3.8, 4) is 0 Å². The fourth-order valence-electron chi connectivity index (χ4n) is 3.32. The molecule has 1 aromatic rings. The van der Waals surface area contributed by atoms with Crippen molar-refractivity contribution in [3.05, 3.63) is 23.5 Å². The molecule has 5 nitrogen and oxygen atoms in total. The van der Waals surface area contributed by atoms with Crippen LogP contribution in [0.5, 0.6) is 0 Å². The highest BCUT2D eigenvalue weighted by molar-refractivity contribution is 5.98. The number of nitrogens with one attached hydrogen (secondary N) is 2. The van der Waals surface area contributed by atoms with E-state index in [-0.39, 0.29) is 36.5 Å². The lowest BCUT2D eigenvalue weighted by molar-refractivity contribution is -0.124. The smallest absolute Gasteiger partial charge is 0.231 e. The van der Waals surface area contributed by atoms with Crippen LogP contribution in [0.4, 0.5) is 15.8 Å². The van der Waals surface area contributed by atoms with Crippen molar-refractivity contribution in [1.29, 1.82) is 0 Å². The molecule has 1 aliphatic heterocycles. The third-order valence-electron chi connectivity index (χ3n) is 4.77. The maximum atomic E-state index is 14.2. The van der Waals surface area contributed by atoms with Gasteiger partial charge in [-0.25, -0.2) is 4.39 Å². The Hall–Kier alpha value is -1.66. The van der Waals surface area contributed by atoms with E-state index in [0.29, 0.717) is 18.5 Å². The van der Waals surface area contributed by atoms with Crippen molar-refractivity contribution in [2.45, 2.75) is 38.5 Å². The Morgan fingerprint density at radius 3 is 2.65 bits per heavy atom. The van der Waals surface area contributed by atoms with Crippen LogP contribution < -0.4 is 16.4 Å². The summed E-state index contributed by atoms with van der Waals surface area (Å²) >= 11 is 0. The Balaban J connectivity index is 0.00000192. The fourth-order valence-corrected chi connectivity index (χ4v) is 3.32. The first-order valence-corrected chi connectivity index (χ1v) is 7.68. The Bertz CT molecular complexity index is 630. The van der Waals surface area contributed by atoms with E-state index in [1.165, 1.54) is 12.1 Å². The number of aryl methyl sites for hydroxylation is 1. The van der Waals surface area contributed by atoms with Crippen LogP contribution >= 0.6 is 12.4 Å². The predicted molar refractivity (Wildman–Crippen MR) is 89.2 cm³/mol. The highest BCUT2D eigenvalue weighted by Crippen LogP contribution is 2.39. The second-order valence-electron chi connectivity index (χ2n) is 6.18. The quantitative estimate of drug-likeness (QED) is 0.790. The molecular formula is C16H21ClFN3O2. The van der Waals surface area contributed by atoms with E-state index in [1.54, 1.807) is 0 Å². The summed E-state index contributed by atoms with van der Waals surface area (Å²) in [6, 6.07) is 2.88. The monoisotopic (exact) mass is 341 g/mol. The Morgan fingerprint density at radius 1 is 1.30 bits per heavy atom. The molecule has 1 saturated carbocycles. The van der Waals surface area contributed by atoms with Crippen molar-refractivity contribution in [1.82, 2.24) is 0 Å². The largest absolute Gasteiger partial charge is 0.329 e. The van der Waals surface area contributed by atoms with Gasteiger partial charge in [0.1, 0.15) is 5.82 Å². The number of hydrogen-bond donors (Lipinski definition) is 3. The highest BCUT2D eigenvalue weighted by atomic mass is 35.5. The minimum absolute atomic E-state index is 0. The summed E-state index contributed by atoms with van der Waals surface area (Å²) in [4.78, 5) is 23.9. The molecule has 1 fully saturated rings. The third-order valence-corrected chi connectivity index (χ3v) is 4.77. The molecule has 0 bridgehead atoms. The maximum Gasteiger partial charge on any atom is 0.231 e. The third kappa shape index (κ3) is 3.33. The minimum Gasteiger partial charge on any atom is -0.329 e. The Labute approximate surface area is 140 Å². The molecule has 0 radical (unpaired) electrons. The molecule has 0 spiro atoms. The van der Waals surface area contributed by atoms with Gasteiger partial charge in [-0.2, -0.15) is 0 Å². The molecule has 4 N–H and O–H groups in total. The van der Waals surface area contributed by atoms with E-state index < -0.39 is 11.2 Å². The van der Waals surface area contributed by atoms with Crippen molar-refractivity contribution in [3.63, 3.8) is 0 Å². The molecule has 0 aromatic heterocycles. The molecule has 2 aliphatic rings. The van der Waals surface area contributed by atoms with Crippen LogP contribution in [0.3, 0.4) is 0 Å². The molecule has 23 heavy (non-hydrogen) atoms. The van der Waals surface area contributed by atoms with E-state index in [1.807, 2.05) is 0 Å². The van der Waals surface area contributed by atoms with Crippen molar-refractivity contribution < 1.29 is 14.0 Å². The van der Waals surface area contributed by atoms with Gasteiger partial charge in [-0.3, -0.25) is 9.59 Å². The van der Waals surface area contributed by atoms with Gasteiger partial charge in [0.25, 0.3) is 0 Å². The van der Waals surface area contributed by atoms with Crippen molar-refractivity contribution in [2.75, 3.05) is 17.2 Å². The lowest BCUT2D eigenvalue weighted by Gasteiger charge is -2.26. The summed E-state index contributed by atoms with van der Waals surface area (Å²) in [5.74, 6) is -0.799. The number of rotatable bonds is 3. The van der Waals surface area contributed by atoms with Gasteiger partial charge < -0.3 is 16.4 Å². The number of carbonyl (C=O) groups excluding carboxylic acids is 2. The second-order valence-corrected chi connectivity index (χ2v) is 6.18. The zero-order valence-electron chi connectivity index (χ0n) is 12.8. The number of halogens is 2. The van der Waals surface area contributed by atoms with Crippen LogP contribution in [0.15, 0.2) is 12.1 Å². The van der Waals surface area contributed by atoms with Gasteiger partial charge in [-0.05, 0) is 37.0 Å². The van der Waals surface area contributed by atoms with Crippen LogP contribution in [-0.2, 0) is 16.0 Å². The summed E-state index contributed by atoms with van der Waals surface area (Å²) in [5, 5.41) is 5.38. The summed E-state index contributed by atoms with van der Waals surface area (Å²) in [6.07, 6.45) is 4.27. The molecule has 126 valence electrons.